The molecule has 0 aliphatic rings. The zero-order valence-corrected chi connectivity index (χ0v) is 10.5. The lowest BCUT2D eigenvalue weighted by atomic mass is 10.1. The summed E-state index contributed by atoms with van der Waals surface area (Å²) in [4.78, 5) is 0. The third-order valence-corrected chi connectivity index (χ3v) is 2.81. The Labute approximate surface area is 99.2 Å². The normalized spacial score (nSPS) is 12.4. The highest BCUT2D eigenvalue weighted by Gasteiger charge is 2.00. The largest absolute Gasteiger partial charge is 0.385 e. The summed E-state index contributed by atoms with van der Waals surface area (Å²) in [6.45, 7) is 6.22. The van der Waals surface area contributed by atoms with Gasteiger partial charge in [0, 0.05) is 12.2 Å². The Morgan fingerprint density at radius 3 is 2.50 bits per heavy atom. The topological polar surface area (TPSA) is 38.0 Å². The van der Waals surface area contributed by atoms with Gasteiger partial charge in [-0.15, -0.1) is 0 Å². The second kappa shape index (κ2) is 7.29. The highest BCUT2D eigenvalue weighted by molar-refractivity contribution is 5.44. The predicted molar refractivity (Wildman–Crippen MR) is 71.8 cm³/mol. The predicted octanol–water partition coefficient (Wildman–Crippen LogP) is 3.04. The van der Waals surface area contributed by atoms with Crippen LogP contribution in [0.5, 0.6) is 0 Å². The third kappa shape index (κ3) is 4.67. The number of nitrogens with two attached hydrogens (primary N) is 1. The molecule has 0 amide bonds. The van der Waals surface area contributed by atoms with Crippen molar-refractivity contribution in [2.24, 2.45) is 11.7 Å². The Morgan fingerprint density at radius 1 is 1.25 bits per heavy atom. The van der Waals surface area contributed by atoms with E-state index in [1.807, 2.05) is 0 Å². The van der Waals surface area contributed by atoms with E-state index in [-0.39, 0.29) is 0 Å². The Morgan fingerprint density at radius 2 is 1.94 bits per heavy atom. The van der Waals surface area contributed by atoms with Crippen molar-refractivity contribution in [2.45, 2.75) is 33.1 Å². The molecular weight excluding hydrogens is 196 g/mol. The molecule has 90 valence electrons. The SMILES string of the molecule is CCCc1ccc(NCC(C)CCN)cc1. The molecule has 0 spiro atoms. The van der Waals surface area contributed by atoms with Crippen LogP contribution >= 0.6 is 0 Å². The molecule has 1 atom stereocenters. The molecule has 0 fully saturated rings. The van der Waals surface area contributed by atoms with Gasteiger partial charge in [-0.2, -0.15) is 0 Å². The summed E-state index contributed by atoms with van der Waals surface area (Å²) >= 11 is 0. The molecule has 1 unspecified atom stereocenters. The van der Waals surface area contributed by atoms with Crippen molar-refractivity contribution in [1.82, 2.24) is 0 Å². The first-order chi connectivity index (χ1) is 7.76. The first-order valence-corrected chi connectivity index (χ1v) is 6.29. The maximum absolute atomic E-state index is 5.52. The van der Waals surface area contributed by atoms with E-state index < -0.39 is 0 Å². The van der Waals surface area contributed by atoms with E-state index in [0.29, 0.717) is 5.92 Å². The number of hydrogen-bond acceptors (Lipinski definition) is 2. The fourth-order valence-electron chi connectivity index (χ4n) is 1.76. The molecular formula is C14H24N2. The van der Waals surface area contributed by atoms with Gasteiger partial charge in [-0.05, 0) is 43.0 Å². The number of aryl methyl sites for hydroxylation is 1. The highest BCUT2D eigenvalue weighted by Crippen LogP contribution is 2.12. The van der Waals surface area contributed by atoms with Crippen LogP contribution in [0.3, 0.4) is 0 Å². The van der Waals surface area contributed by atoms with Gasteiger partial charge >= 0.3 is 0 Å². The minimum Gasteiger partial charge on any atom is -0.385 e. The summed E-state index contributed by atoms with van der Waals surface area (Å²) in [7, 11) is 0. The third-order valence-electron chi connectivity index (χ3n) is 2.81. The quantitative estimate of drug-likeness (QED) is 0.741. The molecule has 1 aromatic rings. The summed E-state index contributed by atoms with van der Waals surface area (Å²) in [5.41, 5.74) is 8.16. The summed E-state index contributed by atoms with van der Waals surface area (Å²) < 4.78 is 0. The van der Waals surface area contributed by atoms with Gasteiger partial charge in [-0.1, -0.05) is 32.4 Å². The molecule has 0 bridgehead atoms. The minimum absolute atomic E-state index is 0.639. The zero-order valence-electron chi connectivity index (χ0n) is 10.5. The molecule has 2 heteroatoms. The second-order valence-electron chi connectivity index (χ2n) is 4.51. The van der Waals surface area contributed by atoms with Crippen molar-refractivity contribution in [2.75, 3.05) is 18.4 Å². The van der Waals surface area contributed by atoms with Gasteiger partial charge in [0.25, 0.3) is 0 Å². The lowest BCUT2D eigenvalue weighted by Crippen LogP contribution is -2.15. The monoisotopic (exact) mass is 220 g/mol. The molecule has 1 aromatic carbocycles. The summed E-state index contributed by atoms with van der Waals surface area (Å²) in [6, 6.07) is 8.75. The van der Waals surface area contributed by atoms with E-state index in [1.165, 1.54) is 24.1 Å². The molecule has 0 aliphatic heterocycles. The second-order valence-corrected chi connectivity index (χ2v) is 4.51. The van der Waals surface area contributed by atoms with E-state index in [1.54, 1.807) is 0 Å². The van der Waals surface area contributed by atoms with Gasteiger partial charge in [0.05, 0.1) is 0 Å². The van der Waals surface area contributed by atoms with E-state index in [2.05, 4.69) is 43.4 Å². The number of rotatable bonds is 7. The van der Waals surface area contributed by atoms with E-state index in [9.17, 15) is 0 Å². The van der Waals surface area contributed by atoms with E-state index >= 15 is 0 Å². The molecule has 0 saturated carbocycles. The average molecular weight is 220 g/mol. The molecule has 0 radical (unpaired) electrons. The Kier molecular flexibility index (Phi) is 5.94. The minimum atomic E-state index is 0.639. The van der Waals surface area contributed by atoms with Crippen LogP contribution in [0.1, 0.15) is 32.3 Å². The van der Waals surface area contributed by atoms with Gasteiger partial charge in [-0.25, -0.2) is 0 Å². The van der Waals surface area contributed by atoms with Crippen molar-refractivity contribution >= 4 is 5.69 Å². The number of hydrogen-bond donors (Lipinski definition) is 2. The van der Waals surface area contributed by atoms with Crippen LogP contribution in [0.4, 0.5) is 5.69 Å². The molecule has 1 rings (SSSR count). The van der Waals surface area contributed by atoms with Crippen LogP contribution in [0.2, 0.25) is 0 Å². The number of anilines is 1. The van der Waals surface area contributed by atoms with Gasteiger partial charge in [0.15, 0.2) is 0 Å². The molecule has 0 aromatic heterocycles. The fraction of sp³-hybridized carbons (Fsp3) is 0.571. The Balaban J connectivity index is 2.37. The van der Waals surface area contributed by atoms with Crippen molar-refractivity contribution in [3.63, 3.8) is 0 Å². The standard InChI is InChI=1S/C14H24N2/c1-3-4-13-5-7-14(8-6-13)16-11-12(2)9-10-15/h5-8,12,16H,3-4,9-11,15H2,1-2H3. The lowest BCUT2D eigenvalue weighted by Gasteiger charge is -2.12. The van der Waals surface area contributed by atoms with Crippen molar-refractivity contribution in [3.8, 4) is 0 Å². The van der Waals surface area contributed by atoms with Crippen molar-refractivity contribution < 1.29 is 0 Å². The first kappa shape index (κ1) is 13.0. The van der Waals surface area contributed by atoms with Crippen LogP contribution in [-0.4, -0.2) is 13.1 Å². The van der Waals surface area contributed by atoms with Crippen LogP contribution in [0.25, 0.3) is 0 Å². The van der Waals surface area contributed by atoms with Crippen LogP contribution in [0, 0.1) is 5.92 Å². The molecule has 2 nitrogen and oxygen atoms in total. The van der Waals surface area contributed by atoms with E-state index in [4.69, 9.17) is 5.73 Å². The van der Waals surface area contributed by atoms with Gasteiger partial charge in [-0.3, -0.25) is 0 Å². The molecule has 3 N–H and O–H groups in total. The van der Waals surface area contributed by atoms with Gasteiger partial charge in [0.1, 0.15) is 0 Å². The van der Waals surface area contributed by atoms with Crippen LogP contribution in [-0.2, 0) is 6.42 Å². The molecule has 0 saturated heterocycles. The number of nitrogens with one attached hydrogen (secondary N) is 1. The highest BCUT2D eigenvalue weighted by atomic mass is 14.9. The first-order valence-electron chi connectivity index (χ1n) is 6.29. The van der Waals surface area contributed by atoms with Gasteiger partial charge in [0.2, 0.25) is 0 Å². The van der Waals surface area contributed by atoms with E-state index in [0.717, 1.165) is 19.5 Å². The number of benzene rings is 1. The lowest BCUT2D eigenvalue weighted by molar-refractivity contribution is 0.568. The summed E-state index contributed by atoms with van der Waals surface area (Å²) in [5.74, 6) is 0.639. The van der Waals surface area contributed by atoms with Crippen LogP contribution in [0.15, 0.2) is 24.3 Å². The zero-order chi connectivity index (χ0) is 11.8. The van der Waals surface area contributed by atoms with Gasteiger partial charge < -0.3 is 11.1 Å². The molecule has 16 heavy (non-hydrogen) atoms. The Bertz CT molecular complexity index is 279. The fourth-order valence-corrected chi connectivity index (χ4v) is 1.76. The Hall–Kier alpha value is -1.02. The molecule has 0 heterocycles. The maximum atomic E-state index is 5.52. The summed E-state index contributed by atoms with van der Waals surface area (Å²) in [6.07, 6.45) is 3.46. The average Bonchev–Trinajstić information content (AvgIpc) is 2.29. The van der Waals surface area contributed by atoms with Crippen molar-refractivity contribution in [1.29, 1.82) is 0 Å². The summed E-state index contributed by atoms with van der Waals surface area (Å²) in [5, 5.41) is 3.44. The smallest absolute Gasteiger partial charge is 0.0340 e. The maximum Gasteiger partial charge on any atom is 0.0340 e. The molecule has 0 aliphatic carbocycles. The van der Waals surface area contributed by atoms with Crippen molar-refractivity contribution in [3.05, 3.63) is 29.8 Å². The van der Waals surface area contributed by atoms with Crippen LogP contribution < -0.4 is 11.1 Å².